The topological polar surface area (TPSA) is 75.1 Å². The summed E-state index contributed by atoms with van der Waals surface area (Å²) < 4.78 is 34.2. The molecule has 1 amide bonds. The molecule has 0 radical (unpaired) electrons. The van der Waals surface area contributed by atoms with Crippen molar-refractivity contribution in [3.63, 3.8) is 0 Å². The largest absolute Gasteiger partial charge is 0.383 e. The van der Waals surface area contributed by atoms with Crippen LogP contribution < -0.4 is 0 Å². The number of rotatable bonds is 6. The summed E-state index contributed by atoms with van der Waals surface area (Å²) in [6.45, 7) is 2.70. The number of aromatic nitrogens is 1. The van der Waals surface area contributed by atoms with Crippen LogP contribution in [0.3, 0.4) is 0 Å². The minimum absolute atomic E-state index is 0.0710. The Balaban J connectivity index is 1.73. The first kappa shape index (κ1) is 19.8. The number of nitrogens with zero attached hydrogens (tertiary/aromatic N) is 4. The molecule has 0 saturated carbocycles. The van der Waals surface area contributed by atoms with Gasteiger partial charge in [-0.25, -0.2) is 0 Å². The number of carbonyl (C=O) groups is 1. The van der Waals surface area contributed by atoms with E-state index in [0.717, 1.165) is 17.4 Å². The molecule has 1 aliphatic heterocycles. The molecule has 0 aliphatic carbocycles. The van der Waals surface area contributed by atoms with Crippen molar-refractivity contribution in [2.24, 2.45) is 0 Å². The van der Waals surface area contributed by atoms with E-state index in [2.05, 4.69) is 4.57 Å². The molecule has 1 aromatic heterocycles. The lowest BCUT2D eigenvalue weighted by Crippen LogP contribution is -2.53. The molecule has 1 aliphatic rings. The van der Waals surface area contributed by atoms with Crippen molar-refractivity contribution in [2.75, 3.05) is 54.0 Å². The second-order valence-corrected chi connectivity index (χ2v) is 8.90. The molecule has 1 saturated heterocycles. The lowest BCUT2D eigenvalue weighted by molar-refractivity contribution is 0.0695. The number of hydrogen-bond donors (Lipinski definition) is 0. The molecular weight excluding hydrogens is 368 g/mol. The van der Waals surface area contributed by atoms with Crippen molar-refractivity contribution < 1.29 is 17.9 Å². The number of methoxy groups -OCH3 is 1. The maximum atomic E-state index is 12.9. The van der Waals surface area contributed by atoms with Gasteiger partial charge < -0.3 is 14.2 Å². The van der Waals surface area contributed by atoms with Crippen LogP contribution in [-0.2, 0) is 21.5 Å². The molecule has 148 valence electrons. The molecule has 0 atom stereocenters. The number of amides is 1. The van der Waals surface area contributed by atoms with Crippen LogP contribution in [0.4, 0.5) is 0 Å². The van der Waals surface area contributed by atoms with Crippen LogP contribution in [0.25, 0.3) is 10.9 Å². The second-order valence-electron chi connectivity index (χ2n) is 6.76. The van der Waals surface area contributed by atoms with Gasteiger partial charge in [-0.2, -0.15) is 17.0 Å². The maximum absolute atomic E-state index is 12.9. The van der Waals surface area contributed by atoms with E-state index < -0.39 is 10.2 Å². The lowest BCUT2D eigenvalue weighted by Gasteiger charge is -2.35. The second kappa shape index (κ2) is 7.97. The van der Waals surface area contributed by atoms with Crippen LogP contribution in [0.2, 0.25) is 0 Å². The Labute approximate surface area is 160 Å². The molecule has 0 N–H and O–H groups in total. The average molecular weight is 394 g/mol. The summed E-state index contributed by atoms with van der Waals surface area (Å²) in [5.41, 5.74) is 1.61. The molecule has 27 heavy (non-hydrogen) atoms. The van der Waals surface area contributed by atoms with E-state index in [1.807, 2.05) is 30.5 Å². The molecule has 1 aromatic carbocycles. The fourth-order valence-electron chi connectivity index (χ4n) is 3.24. The highest BCUT2D eigenvalue weighted by atomic mass is 32.2. The number of hydrogen-bond acceptors (Lipinski definition) is 4. The third-order valence-corrected chi connectivity index (χ3v) is 6.81. The highest BCUT2D eigenvalue weighted by Gasteiger charge is 2.30. The van der Waals surface area contributed by atoms with Gasteiger partial charge in [-0.15, -0.1) is 0 Å². The highest BCUT2D eigenvalue weighted by molar-refractivity contribution is 7.86. The van der Waals surface area contributed by atoms with E-state index in [9.17, 15) is 13.2 Å². The first-order valence-corrected chi connectivity index (χ1v) is 10.3. The van der Waals surface area contributed by atoms with Gasteiger partial charge in [0.2, 0.25) is 0 Å². The van der Waals surface area contributed by atoms with Crippen LogP contribution in [0.15, 0.2) is 30.5 Å². The molecule has 2 aromatic rings. The van der Waals surface area contributed by atoms with Crippen LogP contribution in [0, 0.1) is 0 Å². The highest BCUT2D eigenvalue weighted by Crippen LogP contribution is 2.20. The van der Waals surface area contributed by atoms with Crippen molar-refractivity contribution in [2.45, 2.75) is 6.54 Å². The summed E-state index contributed by atoms with van der Waals surface area (Å²) in [6, 6.07) is 7.69. The zero-order valence-electron chi connectivity index (χ0n) is 16.0. The van der Waals surface area contributed by atoms with Crippen LogP contribution in [0.5, 0.6) is 0 Å². The predicted molar refractivity (Wildman–Crippen MR) is 104 cm³/mol. The molecular formula is C18H26N4O4S. The van der Waals surface area contributed by atoms with E-state index >= 15 is 0 Å². The Morgan fingerprint density at radius 1 is 1.15 bits per heavy atom. The monoisotopic (exact) mass is 394 g/mol. The minimum Gasteiger partial charge on any atom is -0.383 e. The third kappa shape index (κ3) is 4.01. The van der Waals surface area contributed by atoms with Crippen molar-refractivity contribution in [3.8, 4) is 0 Å². The summed E-state index contributed by atoms with van der Waals surface area (Å²) in [4.78, 5) is 14.6. The molecule has 2 heterocycles. The lowest BCUT2D eigenvalue weighted by atomic mass is 10.1. The zero-order chi connectivity index (χ0) is 19.6. The number of benzene rings is 1. The predicted octanol–water partition coefficient (Wildman–Crippen LogP) is 0.852. The van der Waals surface area contributed by atoms with Crippen molar-refractivity contribution in [1.29, 1.82) is 0 Å². The molecule has 9 heteroatoms. The Morgan fingerprint density at radius 2 is 1.85 bits per heavy atom. The Bertz CT molecular complexity index is 915. The summed E-state index contributed by atoms with van der Waals surface area (Å²) in [5.74, 6) is -0.0710. The van der Waals surface area contributed by atoms with Crippen molar-refractivity contribution in [1.82, 2.24) is 18.1 Å². The van der Waals surface area contributed by atoms with Crippen molar-refractivity contribution >= 4 is 27.0 Å². The third-order valence-electron chi connectivity index (χ3n) is 4.87. The van der Waals surface area contributed by atoms with Crippen molar-refractivity contribution in [3.05, 3.63) is 36.0 Å². The fourth-order valence-corrected chi connectivity index (χ4v) is 4.32. The molecule has 1 fully saturated rings. The molecule has 0 bridgehead atoms. The van der Waals surface area contributed by atoms with Gasteiger partial charge in [0.25, 0.3) is 16.1 Å². The van der Waals surface area contributed by atoms with E-state index in [-0.39, 0.29) is 5.91 Å². The summed E-state index contributed by atoms with van der Waals surface area (Å²) >= 11 is 0. The maximum Gasteiger partial charge on any atom is 0.281 e. The number of carbonyl (C=O) groups excluding carboxylic acids is 1. The summed E-state index contributed by atoms with van der Waals surface area (Å²) in [5, 5.41) is 1.07. The first-order valence-electron chi connectivity index (χ1n) is 8.89. The van der Waals surface area contributed by atoms with Crippen LogP contribution >= 0.6 is 0 Å². The summed E-state index contributed by atoms with van der Waals surface area (Å²) in [6.07, 6.45) is 1.99. The van der Waals surface area contributed by atoms with Gasteiger partial charge in [-0.3, -0.25) is 4.79 Å². The quantitative estimate of drug-likeness (QED) is 0.728. The van der Waals surface area contributed by atoms with Gasteiger partial charge in [0.15, 0.2) is 0 Å². The first-order chi connectivity index (χ1) is 12.8. The van der Waals surface area contributed by atoms with E-state index in [0.29, 0.717) is 38.3 Å². The molecule has 8 nitrogen and oxygen atoms in total. The van der Waals surface area contributed by atoms with Gasteiger partial charge >= 0.3 is 0 Å². The standard InChI is InChI=1S/C18H26N4O4S/c1-19(2)27(24,25)22-10-8-21(9-11-22)18(23)16-5-4-15-6-7-20(12-13-26-3)17(15)14-16/h4-7,14H,8-13H2,1-3H3. The zero-order valence-corrected chi connectivity index (χ0v) is 16.8. The smallest absolute Gasteiger partial charge is 0.281 e. The minimum atomic E-state index is -3.44. The van der Waals surface area contributed by atoms with Gasteiger partial charge in [0.05, 0.1) is 6.61 Å². The van der Waals surface area contributed by atoms with E-state index in [1.165, 1.54) is 22.7 Å². The Hall–Kier alpha value is -1.94. The van der Waals surface area contributed by atoms with Gasteiger partial charge in [0.1, 0.15) is 0 Å². The SMILES string of the molecule is COCCn1ccc2ccc(C(=O)N3CCN(S(=O)(=O)N(C)C)CC3)cc21. The molecule has 0 unspecified atom stereocenters. The number of fused-ring (bicyclic) bond motifs is 1. The summed E-state index contributed by atoms with van der Waals surface area (Å²) in [7, 11) is 1.26. The van der Waals surface area contributed by atoms with Gasteiger partial charge in [-0.05, 0) is 23.6 Å². The Morgan fingerprint density at radius 3 is 2.48 bits per heavy atom. The molecule has 0 spiro atoms. The molecule has 3 rings (SSSR count). The number of piperazine rings is 1. The van der Waals surface area contributed by atoms with Gasteiger partial charge in [0, 0.05) is 71.2 Å². The van der Waals surface area contributed by atoms with E-state index in [1.54, 1.807) is 12.0 Å². The van der Waals surface area contributed by atoms with Crippen LogP contribution in [-0.4, -0.2) is 86.4 Å². The normalized spacial score (nSPS) is 16.4. The van der Waals surface area contributed by atoms with Crippen LogP contribution in [0.1, 0.15) is 10.4 Å². The van der Waals surface area contributed by atoms with Gasteiger partial charge in [-0.1, -0.05) is 6.07 Å². The fraction of sp³-hybridized carbons (Fsp3) is 0.500. The average Bonchev–Trinajstić information content (AvgIpc) is 3.08. The van der Waals surface area contributed by atoms with E-state index in [4.69, 9.17) is 4.74 Å². The Kier molecular flexibility index (Phi) is 5.85. The number of ether oxygens (including phenoxy) is 1.